The number of rotatable bonds is 11. The van der Waals surface area contributed by atoms with E-state index in [9.17, 15) is 15.3 Å². The Balaban J connectivity index is 1.82. The number of hydrogen-bond acceptors (Lipinski definition) is 7. The lowest BCUT2D eigenvalue weighted by Crippen LogP contribution is -2.53. The molecule has 38 heavy (non-hydrogen) atoms. The van der Waals surface area contributed by atoms with Gasteiger partial charge in [0.05, 0.1) is 35.1 Å². The van der Waals surface area contributed by atoms with Crippen molar-refractivity contribution < 1.29 is 20.1 Å². The van der Waals surface area contributed by atoms with Gasteiger partial charge in [-0.15, -0.1) is 0 Å². The zero-order valence-corrected chi connectivity index (χ0v) is 23.4. The van der Waals surface area contributed by atoms with E-state index in [1.54, 1.807) is 32.1 Å². The molecule has 1 aliphatic rings. The van der Waals surface area contributed by atoms with Crippen molar-refractivity contribution in [3.05, 3.63) is 94.2 Å². The van der Waals surface area contributed by atoms with E-state index in [1.807, 2.05) is 36.4 Å². The summed E-state index contributed by atoms with van der Waals surface area (Å²) in [6.07, 6.45) is 4.09. The van der Waals surface area contributed by atoms with Gasteiger partial charge >= 0.3 is 0 Å². The van der Waals surface area contributed by atoms with Gasteiger partial charge in [0, 0.05) is 37.3 Å². The molecule has 0 aromatic heterocycles. The van der Waals surface area contributed by atoms with Crippen molar-refractivity contribution in [1.82, 2.24) is 4.90 Å². The molecular weight excluding hydrogens is 525 g/mol. The summed E-state index contributed by atoms with van der Waals surface area (Å²) in [6, 6.07) is 13.3. The average Bonchev–Trinajstić information content (AvgIpc) is 2.88. The van der Waals surface area contributed by atoms with E-state index in [0.717, 1.165) is 11.3 Å². The lowest BCUT2D eigenvalue weighted by Gasteiger charge is -2.45. The van der Waals surface area contributed by atoms with E-state index in [2.05, 4.69) is 16.4 Å². The Morgan fingerprint density at radius 3 is 2.53 bits per heavy atom. The highest BCUT2D eigenvalue weighted by molar-refractivity contribution is 6.33. The highest BCUT2D eigenvalue weighted by atomic mass is 35.5. The lowest BCUT2D eigenvalue weighted by molar-refractivity contribution is 0.0472. The molecule has 0 saturated carbocycles. The third-order valence-corrected chi connectivity index (χ3v) is 7.11. The van der Waals surface area contributed by atoms with Gasteiger partial charge in [-0.1, -0.05) is 54.1 Å². The SMILES string of the molecule is C=C(/C=C\C(=C/N)CO)[C@](C)(O)CN1CCN(c2ccc(OC[C@H](C)O)cc2Cl)[C@H](c2ccc(Cl)cc2)C1. The predicted molar refractivity (Wildman–Crippen MR) is 155 cm³/mol. The van der Waals surface area contributed by atoms with Gasteiger partial charge in [-0.3, -0.25) is 4.90 Å². The lowest BCUT2D eigenvalue weighted by atomic mass is 9.94. The third-order valence-electron chi connectivity index (χ3n) is 6.56. The summed E-state index contributed by atoms with van der Waals surface area (Å²) in [5, 5.41) is 31.3. The number of ether oxygens (including phenoxy) is 1. The molecule has 7 nitrogen and oxygen atoms in total. The van der Waals surface area contributed by atoms with Crippen LogP contribution in [0.15, 0.2) is 78.5 Å². The fraction of sp³-hybridized carbons (Fsp3) is 0.379. The van der Waals surface area contributed by atoms with Gasteiger partial charge in [-0.05, 0) is 61.0 Å². The largest absolute Gasteiger partial charge is 0.491 e. The van der Waals surface area contributed by atoms with Crippen molar-refractivity contribution in [2.24, 2.45) is 5.73 Å². The summed E-state index contributed by atoms with van der Waals surface area (Å²) in [5.41, 5.74) is 7.31. The number of nitrogens with zero attached hydrogens (tertiary/aromatic N) is 2. The normalized spacial score (nSPS) is 19.4. The number of β-amino-alcohol motifs (C(OH)–C–C–N with tert-alkyl or cyclic N) is 1. The van der Waals surface area contributed by atoms with Crippen LogP contribution < -0.4 is 15.4 Å². The Morgan fingerprint density at radius 2 is 1.92 bits per heavy atom. The van der Waals surface area contributed by atoms with Crippen LogP contribution in [0, 0.1) is 0 Å². The van der Waals surface area contributed by atoms with E-state index in [4.69, 9.17) is 33.7 Å². The summed E-state index contributed by atoms with van der Waals surface area (Å²) in [4.78, 5) is 4.46. The molecule has 206 valence electrons. The first-order valence-electron chi connectivity index (χ1n) is 12.5. The molecule has 1 fully saturated rings. The summed E-state index contributed by atoms with van der Waals surface area (Å²) in [6.45, 7) is 9.81. The summed E-state index contributed by atoms with van der Waals surface area (Å²) in [5.74, 6) is 0.595. The molecule has 9 heteroatoms. The molecule has 0 spiro atoms. The van der Waals surface area contributed by atoms with Gasteiger partial charge in [0.15, 0.2) is 0 Å². The van der Waals surface area contributed by atoms with Crippen molar-refractivity contribution in [1.29, 1.82) is 0 Å². The van der Waals surface area contributed by atoms with Gasteiger partial charge in [-0.2, -0.15) is 0 Å². The summed E-state index contributed by atoms with van der Waals surface area (Å²) >= 11 is 12.9. The first-order valence-corrected chi connectivity index (χ1v) is 13.3. The monoisotopic (exact) mass is 561 g/mol. The van der Waals surface area contributed by atoms with Crippen molar-refractivity contribution in [2.45, 2.75) is 31.6 Å². The van der Waals surface area contributed by atoms with Gasteiger partial charge < -0.3 is 30.7 Å². The first-order chi connectivity index (χ1) is 18.0. The Bertz CT molecular complexity index is 1150. The molecular formula is C29H37Cl2N3O4. The molecule has 0 bridgehead atoms. The minimum atomic E-state index is -1.20. The second-order valence-corrected chi connectivity index (χ2v) is 10.6. The maximum absolute atomic E-state index is 11.2. The molecule has 3 rings (SSSR count). The van der Waals surface area contributed by atoms with E-state index < -0.39 is 11.7 Å². The second-order valence-electron chi connectivity index (χ2n) is 9.80. The number of nitrogens with two attached hydrogens (primary N) is 1. The number of halogens is 2. The zero-order chi connectivity index (χ0) is 27.9. The van der Waals surface area contributed by atoms with Crippen LogP contribution in [0.4, 0.5) is 5.69 Å². The minimum Gasteiger partial charge on any atom is -0.491 e. The third kappa shape index (κ3) is 7.99. The minimum absolute atomic E-state index is 0.0523. The first kappa shape index (κ1) is 30.0. The number of hydrogen-bond donors (Lipinski definition) is 4. The highest BCUT2D eigenvalue weighted by Gasteiger charge is 2.34. The Kier molecular flexibility index (Phi) is 10.7. The second kappa shape index (κ2) is 13.5. The Morgan fingerprint density at radius 1 is 1.21 bits per heavy atom. The van der Waals surface area contributed by atoms with E-state index in [0.29, 0.717) is 53.1 Å². The molecule has 5 N–H and O–H groups in total. The van der Waals surface area contributed by atoms with Crippen molar-refractivity contribution in [3.8, 4) is 5.75 Å². The fourth-order valence-corrected chi connectivity index (χ4v) is 4.76. The maximum Gasteiger partial charge on any atom is 0.121 e. The topological polar surface area (TPSA) is 102 Å². The van der Waals surface area contributed by atoms with Crippen LogP contribution in [0.3, 0.4) is 0 Å². The standard InChI is InChI=1S/C29H37Cl2N3O4/c1-20(4-5-22(15-32)17-35)29(3,37)19-33-12-13-34(28(16-33)23-6-8-24(30)9-7-23)27-11-10-25(14-26(27)31)38-18-21(2)36/h4-11,14-15,21,28,35-37H,1,12-13,16-19,32H2,2-3H3/b5-4-,22-15+/t21-,28-,29+/m0/s1. The van der Waals surface area contributed by atoms with Crippen LogP contribution in [0.1, 0.15) is 25.5 Å². The van der Waals surface area contributed by atoms with E-state index in [-0.39, 0.29) is 19.3 Å². The molecule has 2 aromatic carbocycles. The number of benzene rings is 2. The Hall–Kier alpha value is -2.52. The van der Waals surface area contributed by atoms with Gasteiger partial charge in [-0.25, -0.2) is 0 Å². The molecule has 0 radical (unpaired) electrons. The average molecular weight is 563 g/mol. The van der Waals surface area contributed by atoms with Crippen LogP contribution >= 0.6 is 23.2 Å². The van der Waals surface area contributed by atoms with Crippen LogP contribution in [0.25, 0.3) is 0 Å². The summed E-state index contributed by atoms with van der Waals surface area (Å²) < 4.78 is 5.62. The van der Waals surface area contributed by atoms with Crippen LogP contribution in [-0.4, -0.2) is 71.3 Å². The van der Waals surface area contributed by atoms with Crippen LogP contribution in [-0.2, 0) is 0 Å². The highest BCUT2D eigenvalue weighted by Crippen LogP contribution is 2.38. The molecule has 3 atom stereocenters. The molecule has 0 amide bonds. The fourth-order valence-electron chi connectivity index (χ4n) is 4.35. The van der Waals surface area contributed by atoms with Crippen LogP contribution in [0.5, 0.6) is 5.75 Å². The van der Waals surface area contributed by atoms with Crippen molar-refractivity contribution in [3.63, 3.8) is 0 Å². The zero-order valence-electron chi connectivity index (χ0n) is 21.9. The molecule has 2 aromatic rings. The predicted octanol–water partition coefficient (Wildman–Crippen LogP) is 4.31. The van der Waals surface area contributed by atoms with Crippen molar-refractivity contribution >= 4 is 28.9 Å². The number of piperazine rings is 1. The molecule has 1 saturated heterocycles. The molecule has 1 aliphatic heterocycles. The number of aliphatic hydroxyl groups excluding tert-OH is 2. The molecule has 0 aliphatic carbocycles. The van der Waals surface area contributed by atoms with Crippen molar-refractivity contribution in [2.75, 3.05) is 44.3 Å². The van der Waals surface area contributed by atoms with Crippen LogP contribution in [0.2, 0.25) is 10.0 Å². The van der Waals surface area contributed by atoms with E-state index >= 15 is 0 Å². The Labute approximate surface area is 235 Å². The maximum atomic E-state index is 11.2. The molecule has 1 heterocycles. The van der Waals surface area contributed by atoms with Gasteiger partial charge in [0.1, 0.15) is 12.4 Å². The number of anilines is 1. The smallest absolute Gasteiger partial charge is 0.121 e. The van der Waals surface area contributed by atoms with Gasteiger partial charge in [0.2, 0.25) is 0 Å². The quantitative estimate of drug-likeness (QED) is 0.303. The number of aliphatic hydroxyl groups is 3. The molecule has 0 unspecified atom stereocenters. The van der Waals surface area contributed by atoms with E-state index in [1.165, 1.54) is 6.20 Å². The summed E-state index contributed by atoms with van der Waals surface area (Å²) in [7, 11) is 0. The van der Waals surface area contributed by atoms with Gasteiger partial charge in [0.25, 0.3) is 0 Å².